The summed E-state index contributed by atoms with van der Waals surface area (Å²) < 4.78 is 4.85. The Hall–Kier alpha value is -3.10. The van der Waals surface area contributed by atoms with E-state index in [1.54, 1.807) is 12.1 Å². The maximum Gasteiger partial charge on any atom is 0.339 e. The van der Waals surface area contributed by atoms with Crippen molar-refractivity contribution in [3.8, 4) is 0 Å². The van der Waals surface area contributed by atoms with Gasteiger partial charge in [0.15, 0.2) is 0 Å². The third-order valence-electron chi connectivity index (χ3n) is 4.22. The van der Waals surface area contributed by atoms with Crippen LogP contribution < -0.4 is 5.32 Å². The van der Waals surface area contributed by atoms with Gasteiger partial charge in [-0.15, -0.1) is 5.73 Å². The van der Waals surface area contributed by atoms with Gasteiger partial charge in [-0.2, -0.15) is 0 Å². The van der Waals surface area contributed by atoms with E-state index >= 15 is 0 Å². The zero-order valence-corrected chi connectivity index (χ0v) is 18.1. The van der Waals surface area contributed by atoms with E-state index in [4.69, 9.17) is 4.74 Å². The monoisotopic (exact) mass is 391 g/mol. The summed E-state index contributed by atoms with van der Waals surface area (Å²) in [5.41, 5.74) is 8.36. The molecule has 0 spiro atoms. The van der Waals surface area contributed by atoms with Gasteiger partial charge in [0.2, 0.25) is 5.91 Å². The number of esters is 1. The van der Waals surface area contributed by atoms with Gasteiger partial charge < -0.3 is 10.1 Å². The molecule has 0 aromatic heterocycles. The number of carbonyl (C=O) groups excluding carboxylic acids is 2. The Morgan fingerprint density at radius 3 is 2.21 bits per heavy atom. The van der Waals surface area contributed by atoms with E-state index in [1.165, 1.54) is 14.0 Å². The minimum Gasteiger partial charge on any atom is -0.465 e. The zero-order valence-electron chi connectivity index (χ0n) is 18.1. The molecule has 0 saturated heterocycles. The minimum atomic E-state index is -0.495. The first kappa shape index (κ1) is 22.2. The molecule has 0 fully saturated rings. The molecule has 152 valence electrons. The van der Waals surface area contributed by atoms with E-state index in [0.29, 0.717) is 11.3 Å². The van der Waals surface area contributed by atoms with Crippen molar-refractivity contribution >= 4 is 23.1 Å². The first-order valence-corrected chi connectivity index (χ1v) is 9.63. The van der Waals surface area contributed by atoms with E-state index < -0.39 is 5.97 Å². The van der Waals surface area contributed by atoms with Crippen molar-refractivity contribution in [2.24, 2.45) is 5.41 Å². The number of benzene rings is 2. The highest BCUT2D eigenvalue weighted by Gasteiger charge is 2.16. The van der Waals surface area contributed by atoms with E-state index in [-0.39, 0.29) is 11.3 Å². The lowest BCUT2D eigenvalue weighted by Gasteiger charge is -2.17. The molecule has 0 radical (unpaired) electrons. The maximum atomic E-state index is 12.1. The van der Waals surface area contributed by atoms with Gasteiger partial charge in [0.1, 0.15) is 0 Å². The summed E-state index contributed by atoms with van der Waals surface area (Å²) in [5.74, 6) is -0.748. The summed E-state index contributed by atoms with van der Waals surface area (Å²) in [6, 6.07) is 15.3. The molecule has 2 aromatic carbocycles. The standard InChI is InChI=1S/C25H29NO3/c1-17(16-25(3,4)5)14-22(19-10-8-7-9-11-19)20-12-13-21(24(28)29-6)23(15-20)26-18(2)27/h7-13,15H,16H2,1-6H3,(H,26,27). The fourth-order valence-corrected chi connectivity index (χ4v) is 3.25. The van der Waals surface area contributed by atoms with Gasteiger partial charge in [-0.25, -0.2) is 4.79 Å². The third kappa shape index (κ3) is 6.48. The second-order valence-corrected chi connectivity index (χ2v) is 8.32. The van der Waals surface area contributed by atoms with Gasteiger partial charge in [-0.05, 0) is 47.6 Å². The van der Waals surface area contributed by atoms with Crippen LogP contribution in [-0.4, -0.2) is 19.0 Å². The van der Waals surface area contributed by atoms with Crippen LogP contribution in [0.25, 0.3) is 5.57 Å². The van der Waals surface area contributed by atoms with Crippen molar-refractivity contribution in [2.45, 2.75) is 41.0 Å². The number of nitrogens with one attached hydrogen (secondary N) is 1. The summed E-state index contributed by atoms with van der Waals surface area (Å²) in [4.78, 5) is 23.8. The van der Waals surface area contributed by atoms with Crippen molar-refractivity contribution in [1.29, 1.82) is 0 Å². The summed E-state index contributed by atoms with van der Waals surface area (Å²) in [5, 5.41) is 2.74. The lowest BCUT2D eigenvalue weighted by atomic mass is 9.88. The highest BCUT2D eigenvalue weighted by molar-refractivity contribution is 6.01. The van der Waals surface area contributed by atoms with E-state index in [9.17, 15) is 9.59 Å². The van der Waals surface area contributed by atoms with Gasteiger partial charge in [0.25, 0.3) is 0 Å². The Balaban J connectivity index is 2.70. The topological polar surface area (TPSA) is 55.4 Å². The van der Waals surface area contributed by atoms with Crippen LogP contribution in [0.15, 0.2) is 59.8 Å². The number of hydrogen-bond acceptors (Lipinski definition) is 3. The first-order chi connectivity index (χ1) is 13.6. The molecular formula is C25H29NO3. The average Bonchev–Trinajstić information content (AvgIpc) is 2.64. The Labute approximate surface area is 173 Å². The van der Waals surface area contributed by atoms with Gasteiger partial charge in [-0.3, -0.25) is 4.79 Å². The molecule has 0 bridgehead atoms. The third-order valence-corrected chi connectivity index (χ3v) is 4.22. The van der Waals surface area contributed by atoms with Crippen LogP contribution in [0.3, 0.4) is 0 Å². The van der Waals surface area contributed by atoms with Crippen LogP contribution >= 0.6 is 0 Å². The van der Waals surface area contributed by atoms with Gasteiger partial charge in [-0.1, -0.05) is 57.2 Å². The molecule has 2 aromatic rings. The molecule has 0 unspecified atom stereocenters. The van der Waals surface area contributed by atoms with Crippen LogP contribution in [0, 0.1) is 5.41 Å². The highest BCUT2D eigenvalue weighted by Crippen LogP contribution is 2.30. The first-order valence-electron chi connectivity index (χ1n) is 9.63. The Morgan fingerprint density at radius 2 is 1.66 bits per heavy atom. The number of methoxy groups -OCH3 is 1. The predicted molar refractivity (Wildman–Crippen MR) is 118 cm³/mol. The number of carbonyl (C=O) groups is 2. The van der Waals surface area contributed by atoms with Crippen LogP contribution in [0.1, 0.15) is 62.5 Å². The molecule has 0 aliphatic rings. The highest BCUT2D eigenvalue weighted by atomic mass is 16.5. The fraction of sp³-hybridized carbons (Fsp3) is 0.320. The number of anilines is 1. The second kappa shape index (κ2) is 9.40. The minimum absolute atomic E-state index is 0.148. The molecule has 1 N–H and O–H groups in total. The van der Waals surface area contributed by atoms with Crippen LogP contribution in [0.2, 0.25) is 0 Å². The largest absolute Gasteiger partial charge is 0.465 e. The smallest absolute Gasteiger partial charge is 0.339 e. The van der Waals surface area contributed by atoms with Crippen LogP contribution in [-0.2, 0) is 9.53 Å². The van der Waals surface area contributed by atoms with Crippen molar-refractivity contribution in [2.75, 3.05) is 12.4 Å². The molecule has 2 rings (SSSR count). The fourth-order valence-electron chi connectivity index (χ4n) is 3.25. The molecule has 0 atom stereocenters. The van der Waals surface area contributed by atoms with Crippen molar-refractivity contribution < 1.29 is 14.3 Å². The molecule has 1 amide bonds. The van der Waals surface area contributed by atoms with Crippen molar-refractivity contribution in [3.05, 3.63) is 76.5 Å². The second-order valence-electron chi connectivity index (χ2n) is 8.32. The van der Waals surface area contributed by atoms with E-state index in [2.05, 4.69) is 38.7 Å². The maximum absolute atomic E-state index is 12.1. The Bertz CT molecular complexity index is 959. The molecule has 4 nitrogen and oxygen atoms in total. The molecule has 0 heterocycles. The van der Waals surface area contributed by atoms with E-state index in [1.807, 2.05) is 36.4 Å². The summed E-state index contributed by atoms with van der Waals surface area (Å²) in [6.07, 6.45) is 0.905. The summed E-state index contributed by atoms with van der Waals surface area (Å²) in [7, 11) is 1.32. The average molecular weight is 392 g/mol. The van der Waals surface area contributed by atoms with Crippen LogP contribution in [0.4, 0.5) is 5.69 Å². The Morgan fingerprint density at radius 1 is 1.00 bits per heavy atom. The number of ether oxygens (including phenoxy) is 1. The SMILES string of the molecule is COC(=O)c1ccc(C(=C=C(C)CC(C)(C)C)c2ccccc2)cc1NC(C)=O. The van der Waals surface area contributed by atoms with Gasteiger partial charge >= 0.3 is 5.97 Å². The lowest BCUT2D eigenvalue weighted by Crippen LogP contribution is -2.12. The van der Waals surface area contributed by atoms with Gasteiger partial charge in [0, 0.05) is 12.5 Å². The quantitative estimate of drug-likeness (QED) is 0.514. The summed E-state index contributed by atoms with van der Waals surface area (Å²) in [6.45, 7) is 10.1. The molecule has 4 heteroatoms. The number of amides is 1. The molecule has 0 aliphatic carbocycles. The summed E-state index contributed by atoms with van der Waals surface area (Å²) >= 11 is 0. The number of rotatable bonds is 5. The number of hydrogen-bond donors (Lipinski definition) is 1. The number of allylic oxidation sites excluding steroid dienone is 1. The van der Waals surface area contributed by atoms with E-state index in [0.717, 1.165) is 28.7 Å². The molecule has 0 saturated carbocycles. The molecular weight excluding hydrogens is 362 g/mol. The molecule has 0 aliphatic heterocycles. The lowest BCUT2D eigenvalue weighted by molar-refractivity contribution is -0.114. The molecule has 29 heavy (non-hydrogen) atoms. The normalized spacial score (nSPS) is 10.7. The Kier molecular flexibility index (Phi) is 7.19. The van der Waals surface area contributed by atoms with Gasteiger partial charge in [0.05, 0.1) is 18.4 Å². The van der Waals surface area contributed by atoms with Crippen molar-refractivity contribution in [1.82, 2.24) is 0 Å². The zero-order chi connectivity index (χ0) is 21.6. The van der Waals surface area contributed by atoms with Crippen molar-refractivity contribution in [3.63, 3.8) is 0 Å². The predicted octanol–water partition coefficient (Wildman–Crippen LogP) is 5.84. The van der Waals surface area contributed by atoms with Crippen LogP contribution in [0.5, 0.6) is 0 Å².